The minimum absolute atomic E-state index is 0.0606. The molecule has 2 heterocycles. The summed E-state index contributed by atoms with van der Waals surface area (Å²) in [6, 6.07) is 5.37. The van der Waals surface area contributed by atoms with Crippen molar-refractivity contribution in [2.45, 2.75) is 49.5 Å². The van der Waals surface area contributed by atoms with E-state index in [-0.39, 0.29) is 17.9 Å². The molecule has 2 aromatic rings. The van der Waals surface area contributed by atoms with Gasteiger partial charge in [0.25, 0.3) is 10.0 Å². The number of amides is 1. The van der Waals surface area contributed by atoms with E-state index in [1.54, 1.807) is 0 Å². The third-order valence-corrected chi connectivity index (χ3v) is 6.86. The maximum absolute atomic E-state index is 13.2. The van der Waals surface area contributed by atoms with Gasteiger partial charge in [0.1, 0.15) is 5.69 Å². The van der Waals surface area contributed by atoms with Gasteiger partial charge in [-0.2, -0.15) is 26.3 Å². The molecule has 0 aliphatic carbocycles. The van der Waals surface area contributed by atoms with Gasteiger partial charge in [-0.15, -0.1) is 0 Å². The van der Waals surface area contributed by atoms with Crippen molar-refractivity contribution in [3.8, 4) is 0 Å². The number of hydrogen-bond donors (Lipinski definition) is 1. The number of nitrogens with zero attached hydrogens (tertiary/aromatic N) is 2. The Bertz CT molecular complexity index is 1200. The largest absolute Gasteiger partial charge is 0.434 e. The maximum Gasteiger partial charge on any atom is 0.433 e. The second-order valence-corrected chi connectivity index (χ2v) is 9.78. The number of sulfonamides is 1. The van der Waals surface area contributed by atoms with E-state index in [1.165, 1.54) is 18.2 Å². The number of alkyl halides is 6. The molecule has 34 heavy (non-hydrogen) atoms. The molecule has 0 radical (unpaired) electrons. The van der Waals surface area contributed by atoms with E-state index in [1.807, 2.05) is 0 Å². The number of nitrogens with one attached hydrogen (secondary N) is 1. The molecule has 7 nitrogen and oxygen atoms in total. The Balaban J connectivity index is 1.92. The summed E-state index contributed by atoms with van der Waals surface area (Å²) >= 11 is 0. The number of fused-ring (bicyclic) bond motifs is 1. The molecule has 0 atom stereocenters. The fourth-order valence-electron chi connectivity index (χ4n) is 3.16. The molecule has 0 saturated carbocycles. The molecular weight excluding hydrogens is 492 g/mol. The Hall–Kier alpha value is -3.03. The topological polar surface area (TPSA) is 88.6 Å². The standard InChI is InChI=1S/C20H19F6N3O4S/c1-18(2,20(24,25)26)33-17(30)28-13-6-5-12-4-3-9-29(15(12)10-13)34(31,32)14-7-8-27-16(11-14)19(21,22)23/h5-8,10-11H,3-4,9H2,1-2H3,(H,28,30). The van der Waals surface area contributed by atoms with E-state index < -0.39 is 44.7 Å². The van der Waals surface area contributed by atoms with Gasteiger partial charge in [-0.3, -0.25) is 14.6 Å². The predicted molar refractivity (Wildman–Crippen MR) is 109 cm³/mol. The lowest BCUT2D eigenvalue weighted by molar-refractivity contribution is -0.242. The molecule has 0 spiro atoms. The van der Waals surface area contributed by atoms with Gasteiger partial charge in [-0.1, -0.05) is 6.07 Å². The van der Waals surface area contributed by atoms with Crippen molar-refractivity contribution >= 4 is 27.5 Å². The van der Waals surface area contributed by atoms with E-state index in [4.69, 9.17) is 0 Å². The highest BCUT2D eigenvalue weighted by Gasteiger charge is 2.51. The van der Waals surface area contributed by atoms with E-state index in [9.17, 15) is 39.6 Å². The Morgan fingerprint density at radius 1 is 1.09 bits per heavy atom. The predicted octanol–water partition coefficient (Wildman–Crippen LogP) is 5.13. The van der Waals surface area contributed by atoms with Crippen molar-refractivity contribution in [2.75, 3.05) is 16.2 Å². The molecule has 3 rings (SSSR count). The summed E-state index contributed by atoms with van der Waals surface area (Å²) in [5.74, 6) is 0. The number of aromatic nitrogens is 1. The van der Waals surface area contributed by atoms with Crippen LogP contribution in [0.2, 0.25) is 0 Å². The minimum atomic E-state index is -4.85. The van der Waals surface area contributed by atoms with E-state index >= 15 is 0 Å². The zero-order valence-corrected chi connectivity index (χ0v) is 18.6. The van der Waals surface area contributed by atoms with Crippen molar-refractivity contribution in [3.63, 3.8) is 0 Å². The highest BCUT2D eigenvalue weighted by Crippen LogP contribution is 2.36. The van der Waals surface area contributed by atoms with Gasteiger partial charge < -0.3 is 4.74 Å². The van der Waals surface area contributed by atoms with E-state index in [0.29, 0.717) is 38.3 Å². The molecule has 186 valence electrons. The quantitative estimate of drug-likeness (QED) is 0.575. The fourth-order valence-corrected chi connectivity index (χ4v) is 4.70. The second kappa shape index (κ2) is 8.64. The maximum atomic E-state index is 13.2. The zero-order valence-electron chi connectivity index (χ0n) is 17.8. The summed E-state index contributed by atoms with van der Waals surface area (Å²) in [6.45, 7) is 1.27. The highest BCUT2D eigenvalue weighted by molar-refractivity contribution is 7.92. The van der Waals surface area contributed by atoms with Gasteiger partial charge in [0, 0.05) is 18.4 Å². The number of aryl methyl sites for hydroxylation is 1. The van der Waals surface area contributed by atoms with Gasteiger partial charge in [0.05, 0.1) is 10.6 Å². The third-order valence-electron chi connectivity index (χ3n) is 5.05. The van der Waals surface area contributed by atoms with Gasteiger partial charge in [-0.25, -0.2) is 13.2 Å². The van der Waals surface area contributed by atoms with E-state index in [0.717, 1.165) is 16.6 Å². The molecule has 1 amide bonds. The molecule has 0 unspecified atom stereocenters. The van der Waals surface area contributed by atoms with Crippen molar-refractivity contribution in [1.82, 2.24) is 4.98 Å². The second-order valence-electron chi connectivity index (χ2n) is 7.92. The van der Waals surface area contributed by atoms with Gasteiger partial charge in [0.2, 0.25) is 5.60 Å². The van der Waals surface area contributed by atoms with Crippen LogP contribution in [0.5, 0.6) is 0 Å². The van der Waals surface area contributed by atoms with Crippen LogP contribution in [-0.4, -0.2) is 37.8 Å². The zero-order chi connectivity index (χ0) is 25.5. The van der Waals surface area contributed by atoms with Crippen molar-refractivity contribution in [1.29, 1.82) is 0 Å². The van der Waals surface area contributed by atoms with Gasteiger partial charge in [0.15, 0.2) is 0 Å². The number of carbonyl (C=O) groups excluding carboxylic acids is 1. The van der Waals surface area contributed by atoms with Crippen LogP contribution in [0.25, 0.3) is 0 Å². The first-order valence-electron chi connectivity index (χ1n) is 9.78. The number of anilines is 2. The number of halogens is 6. The van der Waals surface area contributed by atoms with Crippen LogP contribution in [0.15, 0.2) is 41.4 Å². The molecule has 14 heteroatoms. The number of pyridine rings is 1. The first-order chi connectivity index (χ1) is 15.5. The SMILES string of the molecule is CC(C)(OC(=O)Nc1ccc2c(c1)N(S(=O)(=O)c1ccnc(C(F)(F)F)c1)CCC2)C(F)(F)F. The van der Waals surface area contributed by atoms with Crippen LogP contribution >= 0.6 is 0 Å². The molecule has 0 saturated heterocycles. The first-order valence-corrected chi connectivity index (χ1v) is 11.2. The molecular formula is C20H19F6N3O4S. The highest BCUT2D eigenvalue weighted by atomic mass is 32.2. The molecule has 0 bridgehead atoms. The number of carbonyl (C=O) groups is 1. The summed E-state index contributed by atoms with van der Waals surface area (Å²) < 4.78 is 110. The lowest BCUT2D eigenvalue weighted by atomic mass is 10.0. The average Bonchev–Trinajstić information content (AvgIpc) is 2.71. The molecule has 1 N–H and O–H groups in total. The number of rotatable bonds is 4. The Morgan fingerprint density at radius 3 is 2.38 bits per heavy atom. The summed E-state index contributed by atoms with van der Waals surface area (Å²) in [5.41, 5.74) is -3.62. The van der Waals surface area contributed by atoms with Crippen LogP contribution in [0.4, 0.5) is 42.5 Å². The van der Waals surface area contributed by atoms with Crippen LogP contribution in [-0.2, 0) is 27.4 Å². The Morgan fingerprint density at radius 2 is 1.76 bits per heavy atom. The van der Waals surface area contributed by atoms with Crippen molar-refractivity contribution in [3.05, 3.63) is 47.8 Å². The Kier molecular flexibility index (Phi) is 6.50. The van der Waals surface area contributed by atoms with Gasteiger partial charge in [-0.05, 0) is 56.5 Å². The normalized spacial score (nSPS) is 15.0. The van der Waals surface area contributed by atoms with E-state index in [2.05, 4.69) is 15.0 Å². The summed E-state index contributed by atoms with van der Waals surface area (Å²) in [5, 5.41) is 2.12. The lowest BCUT2D eigenvalue weighted by Crippen LogP contribution is -2.44. The molecule has 1 aliphatic rings. The fraction of sp³-hybridized carbons (Fsp3) is 0.400. The summed E-state index contributed by atoms with van der Waals surface area (Å²) in [7, 11) is -4.45. The average molecular weight is 511 g/mol. The van der Waals surface area contributed by atoms with Crippen molar-refractivity contribution < 1.29 is 44.3 Å². The number of ether oxygens (including phenoxy) is 1. The molecule has 1 aliphatic heterocycles. The van der Waals surface area contributed by atoms with Crippen LogP contribution in [0, 0.1) is 0 Å². The smallest absolute Gasteiger partial charge is 0.433 e. The summed E-state index contributed by atoms with van der Waals surface area (Å²) in [4.78, 5) is 14.5. The molecule has 0 fully saturated rings. The lowest BCUT2D eigenvalue weighted by Gasteiger charge is -2.31. The first kappa shape index (κ1) is 25.6. The van der Waals surface area contributed by atoms with Crippen LogP contribution in [0.1, 0.15) is 31.5 Å². The minimum Gasteiger partial charge on any atom is -0.434 e. The van der Waals surface area contributed by atoms with Crippen LogP contribution in [0.3, 0.4) is 0 Å². The molecule has 1 aromatic heterocycles. The number of benzene rings is 1. The monoisotopic (exact) mass is 511 g/mol. The Labute approximate surface area is 190 Å². The van der Waals surface area contributed by atoms with Gasteiger partial charge >= 0.3 is 18.4 Å². The third kappa shape index (κ3) is 5.21. The number of hydrogen-bond acceptors (Lipinski definition) is 5. The van der Waals surface area contributed by atoms with Crippen molar-refractivity contribution in [2.24, 2.45) is 0 Å². The van der Waals surface area contributed by atoms with Crippen LogP contribution < -0.4 is 9.62 Å². The summed E-state index contributed by atoms with van der Waals surface area (Å²) in [6.07, 6.45) is -9.55. The molecule has 1 aromatic carbocycles.